The lowest BCUT2D eigenvalue weighted by molar-refractivity contribution is 0.103. The SMILES string of the molecule is CCCCCCCCc1ccc(C(=O)c2ccc(O)cc2O)cc1. The van der Waals surface area contributed by atoms with Crippen molar-refractivity contribution in [2.75, 3.05) is 0 Å². The van der Waals surface area contributed by atoms with E-state index in [1.165, 1.54) is 62.3 Å². The molecule has 3 nitrogen and oxygen atoms in total. The van der Waals surface area contributed by atoms with E-state index in [1.54, 1.807) is 12.1 Å². The summed E-state index contributed by atoms with van der Waals surface area (Å²) in [4.78, 5) is 12.4. The second-order valence-electron chi connectivity index (χ2n) is 6.25. The van der Waals surface area contributed by atoms with Crippen molar-refractivity contribution < 1.29 is 15.0 Å². The van der Waals surface area contributed by atoms with Crippen LogP contribution in [0.5, 0.6) is 11.5 Å². The summed E-state index contributed by atoms with van der Waals surface area (Å²) in [6.45, 7) is 2.22. The van der Waals surface area contributed by atoms with Crippen LogP contribution in [0, 0.1) is 0 Å². The number of phenolic OH excluding ortho intramolecular Hbond substituents is 2. The Labute approximate surface area is 144 Å². The molecule has 0 aliphatic rings. The molecule has 0 atom stereocenters. The standard InChI is InChI=1S/C21H26O3/c1-2-3-4-5-6-7-8-16-9-11-17(12-10-16)21(24)19-14-13-18(22)15-20(19)23/h9-15,22-23H,2-8H2,1H3. The van der Waals surface area contributed by atoms with Gasteiger partial charge in [0.1, 0.15) is 11.5 Å². The van der Waals surface area contributed by atoms with Crippen molar-refractivity contribution in [2.45, 2.75) is 51.9 Å². The summed E-state index contributed by atoms with van der Waals surface area (Å²) in [5.74, 6) is -0.492. The van der Waals surface area contributed by atoms with Gasteiger partial charge in [0, 0.05) is 11.6 Å². The number of aromatic hydroxyl groups is 2. The molecule has 2 aromatic carbocycles. The van der Waals surface area contributed by atoms with Crippen LogP contribution in [0.25, 0.3) is 0 Å². The van der Waals surface area contributed by atoms with Crippen molar-refractivity contribution in [1.82, 2.24) is 0 Å². The van der Waals surface area contributed by atoms with Crippen LogP contribution < -0.4 is 0 Å². The Morgan fingerprint density at radius 1 is 0.875 bits per heavy atom. The first-order valence-electron chi connectivity index (χ1n) is 8.77. The van der Waals surface area contributed by atoms with Gasteiger partial charge in [0.25, 0.3) is 0 Å². The molecule has 0 amide bonds. The van der Waals surface area contributed by atoms with E-state index in [0.29, 0.717) is 5.56 Å². The Morgan fingerprint density at radius 3 is 2.21 bits per heavy atom. The first-order valence-corrected chi connectivity index (χ1v) is 8.77. The maximum atomic E-state index is 12.4. The second-order valence-corrected chi connectivity index (χ2v) is 6.25. The Morgan fingerprint density at radius 2 is 1.54 bits per heavy atom. The average Bonchev–Trinajstić information content (AvgIpc) is 2.58. The summed E-state index contributed by atoms with van der Waals surface area (Å²) in [5.41, 5.74) is 1.98. The molecule has 128 valence electrons. The number of carbonyl (C=O) groups excluding carboxylic acids is 1. The van der Waals surface area contributed by atoms with Gasteiger partial charge in [0.2, 0.25) is 0 Å². The van der Waals surface area contributed by atoms with Crippen molar-refractivity contribution in [3.05, 3.63) is 59.2 Å². The van der Waals surface area contributed by atoms with E-state index in [4.69, 9.17) is 0 Å². The lowest BCUT2D eigenvalue weighted by Crippen LogP contribution is -2.01. The Bertz CT molecular complexity index is 659. The zero-order valence-corrected chi connectivity index (χ0v) is 14.3. The molecule has 0 aliphatic carbocycles. The fourth-order valence-electron chi connectivity index (χ4n) is 2.80. The van der Waals surface area contributed by atoms with Gasteiger partial charge in [-0.1, -0.05) is 63.3 Å². The van der Waals surface area contributed by atoms with Crippen LogP contribution >= 0.6 is 0 Å². The largest absolute Gasteiger partial charge is 0.508 e. The molecule has 0 saturated carbocycles. The predicted octanol–water partition coefficient (Wildman–Crippen LogP) is 5.23. The number of aryl methyl sites for hydroxylation is 1. The van der Waals surface area contributed by atoms with Crippen molar-refractivity contribution in [2.24, 2.45) is 0 Å². The van der Waals surface area contributed by atoms with Gasteiger partial charge in [0.15, 0.2) is 5.78 Å². The van der Waals surface area contributed by atoms with E-state index >= 15 is 0 Å². The number of benzene rings is 2. The maximum absolute atomic E-state index is 12.4. The van der Waals surface area contributed by atoms with Gasteiger partial charge < -0.3 is 10.2 Å². The minimum Gasteiger partial charge on any atom is -0.508 e. The number of rotatable bonds is 9. The third kappa shape index (κ3) is 5.12. The highest BCUT2D eigenvalue weighted by atomic mass is 16.3. The molecular formula is C21H26O3. The topological polar surface area (TPSA) is 57.5 Å². The number of unbranched alkanes of at least 4 members (excludes halogenated alkanes) is 5. The fourth-order valence-corrected chi connectivity index (χ4v) is 2.80. The molecular weight excluding hydrogens is 300 g/mol. The Kier molecular flexibility index (Phi) is 6.86. The minimum atomic E-state index is -0.237. The van der Waals surface area contributed by atoms with Gasteiger partial charge in [0.05, 0.1) is 5.56 Å². The third-order valence-corrected chi connectivity index (χ3v) is 4.26. The molecule has 0 spiro atoms. The molecule has 0 radical (unpaired) electrons. The van der Waals surface area contributed by atoms with Crippen LogP contribution in [0.15, 0.2) is 42.5 Å². The highest BCUT2D eigenvalue weighted by Gasteiger charge is 2.13. The van der Waals surface area contributed by atoms with Crippen LogP contribution in [-0.2, 0) is 6.42 Å². The fraction of sp³-hybridized carbons (Fsp3) is 0.381. The molecule has 0 heterocycles. The summed E-state index contributed by atoms with van der Waals surface area (Å²) in [5, 5.41) is 19.1. The van der Waals surface area contributed by atoms with Crippen molar-refractivity contribution in [1.29, 1.82) is 0 Å². The number of ketones is 1. The van der Waals surface area contributed by atoms with Gasteiger partial charge in [-0.2, -0.15) is 0 Å². The van der Waals surface area contributed by atoms with Crippen LogP contribution in [-0.4, -0.2) is 16.0 Å². The smallest absolute Gasteiger partial charge is 0.196 e. The molecule has 0 aromatic heterocycles. The second kappa shape index (κ2) is 9.11. The van der Waals surface area contributed by atoms with Crippen LogP contribution in [0.4, 0.5) is 0 Å². The Balaban J connectivity index is 1.90. The molecule has 2 rings (SSSR count). The van der Waals surface area contributed by atoms with E-state index in [2.05, 4.69) is 6.92 Å². The van der Waals surface area contributed by atoms with E-state index < -0.39 is 0 Å². The Hall–Kier alpha value is -2.29. The molecule has 0 bridgehead atoms. The lowest BCUT2D eigenvalue weighted by atomic mass is 9.99. The summed E-state index contributed by atoms with van der Waals surface area (Å²) in [6.07, 6.45) is 8.67. The van der Waals surface area contributed by atoms with Crippen LogP contribution in [0.3, 0.4) is 0 Å². The van der Waals surface area contributed by atoms with Crippen LogP contribution in [0.1, 0.15) is 66.9 Å². The molecule has 0 saturated heterocycles. The molecule has 0 aliphatic heterocycles. The highest BCUT2D eigenvalue weighted by Crippen LogP contribution is 2.25. The minimum absolute atomic E-state index is 0.0571. The van der Waals surface area contributed by atoms with Gasteiger partial charge in [-0.05, 0) is 30.5 Å². The van der Waals surface area contributed by atoms with Gasteiger partial charge in [-0.25, -0.2) is 0 Å². The number of hydrogen-bond acceptors (Lipinski definition) is 3. The molecule has 2 N–H and O–H groups in total. The third-order valence-electron chi connectivity index (χ3n) is 4.26. The lowest BCUT2D eigenvalue weighted by Gasteiger charge is -2.06. The molecule has 2 aromatic rings. The van der Waals surface area contributed by atoms with Gasteiger partial charge >= 0.3 is 0 Å². The van der Waals surface area contributed by atoms with E-state index in [-0.39, 0.29) is 22.8 Å². The maximum Gasteiger partial charge on any atom is 0.196 e. The van der Waals surface area contributed by atoms with Crippen molar-refractivity contribution >= 4 is 5.78 Å². The highest BCUT2D eigenvalue weighted by molar-refractivity contribution is 6.10. The summed E-state index contributed by atoms with van der Waals surface area (Å²) < 4.78 is 0. The van der Waals surface area contributed by atoms with Gasteiger partial charge in [-0.15, -0.1) is 0 Å². The monoisotopic (exact) mass is 326 g/mol. The first kappa shape index (κ1) is 18.1. The van der Waals surface area contributed by atoms with E-state index in [0.717, 1.165) is 6.42 Å². The van der Waals surface area contributed by atoms with E-state index in [1.807, 2.05) is 12.1 Å². The normalized spacial score (nSPS) is 10.7. The zero-order chi connectivity index (χ0) is 17.4. The number of hydrogen-bond donors (Lipinski definition) is 2. The van der Waals surface area contributed by atoms with Crippen molar-refractivity contribution in [3.8, 4) is 11.5 Å². The summed E-state index contributed by atoms with van der Waals surface area (Å²) >= 11 is 0. The molecule has 24 heavy (non-hydrogen) atoms. The predicted molar refractivity (Wildman–Crippen MR) is 96.7 cm³/mol. The summed E-state index contributed by atoms with van der Waals surface area (Å²) in [6, 6.07) is 11.6. The summed E-state index contributed by atoms with van der Waals surface area (Å²) in [7, 11) is 0. The quantitative estimate of drug-likeness (QED) is 0.490. The molecule has 0 fully saturated rings. The van der Waals surface area contributed by atoms with Crippen molar-refractivity contribution in [3.63, 3.8) is 0 Å². The van der Waals surface area contributed by atoms with Crippen LogP contribution in [0.2, 0.25) is 0 Å². The zero-order valence-electron chi connectivity index (χ0n) is 14.3. The van der Waals surface area contributed by atoms with Gasteiger partial charge in [-0.3, -0.25) is 4.79 Å². The molecule has 0 unspecified atom stereocenters. The van der Waals surface area contributed by atoms with E-state index in [9.17, 15) is 15.0 Å². The number of phenols is 2. The number of carbonyl (C=O) groups is 1. The first-order chi connectivity index (χ1) is 11.6. The average molecular weight is 326 g/mol. The molecule has 3 heteroatoms.